The number of amides is 1. The monoisotopic (exact) mass is 327 g/mol. The molecule has 0 spiro atoms. The molecule has 1 aliphatic rings. The predicted molar refractivity (Wildman–Crippen MR) is 89.2 cm³/mol. The predicted octanol–water partition coefficient (Wildman–Crippen LogP) is 3.26. The lowest BCUT2D eigenvalue weighted by Gasteiger charge is -2.38. The molecular weight excluding hydrogens is 306 g/mol. The summed E-state index contributed by atoms with van der Waals surface area (Å²) in [5.74, 6) is 0.0930. The molecule has 1 aliphatic heterocycles. The van der Waals surface area contributed by atoms with Crippen LogP contribution in [0.1, 0.15) is 25.3 Å². The lowest BCUT2D eigenvalue weighted by atomic mass is 9.74. The Labute approximate surface area is 135 Å². The minimum atomic E-state index is -0.0725. The van der Waals surface area contributed by atoms with Gasteiger partial charge in [-0.15, -0.1) is 0 Å². The molecule has 0 aliphatic carbocycles. The Morgan fingerprint density at radius 2 is 2.19 bits per heavy atom. The molecule has 2 rings (SSSR count). The van der Waals surface area contributed by atoms with Crippen molar-refractivity contribution in [2.75, 3.05) is 26.0 Å². The zero-order chi connectivity index (χ0) is 15.3. The van der Waals surface area contributed by atoms with Crippen LogP contribution < -0.4 is 5.32 Å². The van der Waals surface area contributed by atoms with Gasteiger partial charge in [0, 0.05) is 30.2 Å². The highest BCUT2D eigenvalue weighted by Gasteiger charge is 2.35. The van der Waals surface area contributed by atoms with Crippen molar-refractivity contribution in [3.8, 4) is 0 Å². The standard InChI is InChI=1S/C16H22ClNO2S/c1-12(21-2)15(19)18-11-16(6-8-20-9-7-16)13-4-3-5-14(17)10-13/h3-5,10,12H,6-9,11H2,1-2H3,(H,18,19). The topological polar surface area (TPSA) is 38.3 Å². The molecule has 1 unspecified atom stereocenters. The molecule has 1 saturated heterocycles. The molecule has 0 radical (unpaired) electrons. The van der Waals surface area contributed by atoms with Gasteiger partial charge in [-0.1, -0.05) is 23.7 Å². The molecule has 0 aromatic heterocycles. The maximum absolute atomic E-state index is 12.1. The third-order valence-electron chi connectivity index (χ3n) is 4.21. The van der Waals surface area contributed by atoms with E-state index in [-0.39, 0.29) is 16.6 Å². The average molecular weight is 328 g/mol. The van der Waals surface area contributed by atoms with E-state index in [1.165, 1.54) is 5.56 Å². The molecule has 21 heavy (non-hydrogen) atoms. The highest BCUT2D eigenvalue weighted by molar-refractivity contribution is 7.99. The largest absolute Gasteiger partial charge is 0.381 e. The smallest absolute Gasteiger partial charge is 0.232 e. The van der Waals surface area contributed by atoms with Crippen molar-refractivity contribution >= 4 is 29.3 Å². The van der Waals surface area contributed by atoms with Gasteiger partial charge >= 0.3 is 0 Å². The molecule has 3 nitrogen and oxygen atoms in total. The van der Waals surface area contributed by atoms with Crippen LogP contribution >= 0.6 is 23.4 Å². The van der Waals surface area contributed by atoms with E-state index in [9.17, 15) is 4.79 Å². The summed E-state index contributed by atoms with van der Waals surface area (Å²) in [6.07, 6.45) is 3.76. The van der Waals surface area contributed by atoms with Gasteiger partial charge in [-0.25, -0.2) is 0 Å². The number of benzene rings is 1. The van der Waals surface area contributed by atoms with E-state index in [0.29, 0.717) is 6.54 Å². The molecule has 0 bridgehead atoms. The van der Waals surface area contributed by atoms with Gasteiger partial charge in [0.25, 0.3) is 0 Å². The van der Waals surface area contributed by atoms with Crippen molar-refractivity contribution in [2.45, 2.75) is 30.4 Å². The fraction of sp³-hybridized carbons (Fsp3) is 0.562. The van der Waals surface area contributed by atoms with Crippen molar-refractivity contribution in [1.29, 1.82) is 0 Å². The van der Waals surface area contributed by atoms with Crippen LogP contribution in [0.5, 0.6) is 0 Å². The van der Waals surface area contributed by atoms with Crippen LogP contribution in [0.2, 0.25) is 5.02 Å². The van der Waals surface area contributed by atoms with Gasteiger partial charge < -0.3 is 10.1 Å². The Hall–Kier alpha value is -0.710. The maximum atomic E-state index is 12.1. The first kappa shape index (κ1) is 16.7. The van der Waals surface area contributed by atoms with Crippen molar-refractivity contribution in [2.24, 2.45) is 0 Å². The Bertz CT molecular complexity index is 489. The van der Waals surface area contributed by atoms with Gasteiger partial charge in [0.05, 0.1) is 5.25 Å². The molecule has 1 heterocycles. The number of thioether (sulfide) groups is 1. The van der Waals surface area contributed by atoms with E-state index in [4.69, 9.17) is 16.3 Å². The van der Waals surface area contributed by atoms with Crippen LogP contribution in [-0.2, 0) is 14.9 Å². The summed E-state index contributed by atoms with van der Waals surface area (Å²) in [5, 5.41) is 3.81. The van der Waals surface area contributed by atoms with Gasteiger partial charge in [-0.05, 0) is 43.7 Å². The second-order valence-electron chi connectivity index (χ2n) is 5.50. The van der Waals surface area contributed by atoms with Gasteiger partial charge in [0.1, 0.15) is 0 Å². The first-order chi connectivity index (χ1) is 10.1. The number of ether oxygens (including phenoxy) is 1. The minimum absolute atomic E-state index is 0.0266. The zero-order valence-corrected chi connectivity index (χ0v) is 14.1. The van der Waals surface area contributed by atoms with Crippen molar-refractivity contribution in [1.82, 2.24) is 5.32 Å². The molecule has 1 fully saturated rings. The van der Waals surface area contributed by atoms with Crippen molar-refractivity contribution in [3.05, 3.63) is 34.9 Å². The van der Waals surface area contributed by atoms with Crippen LogP contribution in [0.15, 0.2) is 24.3 Å². The van der Waals surface area contributed by atoms with Crippen LogP contribution in [-0.4, -0.2) is 37.2 Å². The van der Waals surface area contributed by atoms with E-state index in [2.05, 4.69) is 11.4 Å². The number of halogens is 1. The van der Waals surface area contributed by atoms with Gasteiger partial charge in [0.15, 0.2) is 0 Å². The fourth-order valence-electron chi connectivity index (χ4n) is 2.66. The summed E-state index contributed by atoms with van der Waals surface area (Å²) in [6, 6.07) is 7.96. The third kappa shape index (κ3) is 4.15. The number of nitrogens with one attached hydrogen (secondary N) is 1. The van der Waals surface area contributed by atoms with Gasteiger partial charge in [-0.3, -0.25) is 4.79 Å². The van der Waals surface area contributed by atoms with E-state index < -0.39 is 0 Å². The van der Waals surface area contributed by atoms with E-state index in [0.717, 1.165) is 31.1 Å². The Kier molecular flexibility index (Phi) is 5.97. The number of hydrogen-bond donors (Lipinski definition) is 1. The Morgan fingerprint density at radius 1 is 1.48 bits per heavy atom. The van der Waals surface area contributed by atoms with Crippen LogP contribution in [0.3, 0.4) is 0 Å². The highest BCUT2D eigenvalue weighted by atomic mass is 35.5. The molecule has 1 atom stereocenters. The second kappa shape index (κ2) is 7.52. The Morgan fingerprint density at radius 3 is 2.81 bits per heavy atom. The number of hydrogen-bond acceptors (Lipinski definition) is 3. The number of carbonyl (C=O) groups is 1. The van der Waals surface area contributed by atoms with Crippen LogP contribution in [0.25, 0.3) is 0 Å². The molecule has 5 heteroatoms. The SMILES string of the molecule is CSC(C)C(=O)NCC1(c2cccc(Cl)c2)CCOCC1. The van der Waals surface area contributed by atoms with Crippen LogP contribution in [0.4, 0.5) is 0 Å². The summed E-state index contributed by atoms with van der Waals surface area (Å²) in [4.78, 5) is 12.1. The first-order valence-corrected chi connectivity index (χ1v) is 8.88. The number of carbonyl (C=O) groups excluding carboxylic acids is 1. The summed E-state index contributed by atoms with van der Waals surface area (Å²) >= 11 is 7.70. The molecule has 116 valence electrons. The van der Waals surface area contributed by atoms with Crippen LogP contribution in [0, 0.1) is 0 Å². The molecule has 0 saturated carbocycles. The lowest BCUT2D eigenvalue weighted by Crippen LogP contribution is -2.46. The summed E-state index contributed by atoms with van der Waals surface area (Å²) in [5.41, 5.74) is 1.12. The van der Waals surface area contributed by atoms with E-state index in [1.807, 2.05) is 31.4 Å². The van der Waals surface area contributed by atoms with Crippen molar-refractivity contribution in [3.63, 3.8) is 0 Å². The minimum Gasteiger partial charge on any atom is -0.381 e. The van der Waals surface area contributed by atoms with Crippen molar-refractivity contribution < 1.29 is 9.53 Å². The molecule has 1 aromatic rings. The fourth-order valence-corrected chi connectivity index (χ4v) is 3.14. The maximum Gasteiger partial charge on any atom is 0.232 e. The zero-order valence-electron chi connectivity index (χ0n) is 12.5. The van der Waals surface area contributed by atoms with Gasteiger partial charge in [-0.2, -0.15) is 11.8 Å². The highest BCUT2D eigenvalue weighted by Crippen LogP contribution is 2.35. The summed E-state index contributed by atoms with van der Waals surface area (Å²) < 4.78 is 5.50. The molecule has 1 amide bonds. The summed E-state index contributed by atoms with van der Waals surface area (Å²) in [7, 11) is 0. The first-order valence-electron chi connectivity index (χ1n) is 7.22. The lowest BCUT2D eigenvalue weighted by molar-refractivity contribution is -0.120. The number of rotatable bonds is 5. The van der Waals surface area contributed by atoms with E-state index >= 15 is 0 Å². The third-order valence-corrected chi connectivity index (χ3v) is 5.37. The average Bonchev–Trinajstić information content (AvgIpc) is 2.52. The van der Waals surface area contributed by atoms with Gasteiger partial charge in [0.2, 0.25) is 5.91 Å². The van der Waals surface area contributed by atoms with E-state index in [1.54, 1.807) is 11.8 Å². The second-order valence-corrected chi connectivity index (χ2v) is 7.11. The normalized spacial score (nSPS) is 19.0. The quantitative estimate of drug-likeness (QED) is 0.902. The molecule has 1 N–H and O–H groups in total. The molecular formula is C16H22ClNO2S. The Balaban J connectivity index is 2.16. The molecule has 1 aromatic carbocycles. The summed E-state index contributed by atoms with van der Waals surface area (Å²) in [6.45, 7) is 4.01.